The summed E-state index contributed by atoms with van der Waals surface area (Å²) in [6.07, 6.45) is 13.0. The van der Waals surface area contributed by atoms with Gasteiger partial charge in [0.05, 0.1) is 11.0 Å². The molecule has 0 aromatic heterocycles. The molecular weight excluding hydrogens is 392 g/mol. The zero-order chi connectivity index (χ0) is 21.8. The Bertz CT molecular complexity index is 982. The molecule has 0 heterocycles. The first-order valence-electron chi connectivity index (χ1n) is 11.4. The molecule has 0 spiro atoms. The summed E-state index contributed by atoms with van der Waals surface area (Å²) in [5.41, 5.74) is 2.38. The van der Waals surface area contributed by atoms with E-state index < -0.39 is 4.92 Å². The highest BCUT2D eigenvalue weighted by Crippen LogP contribution is 2.64. The van der Waals surface area contributed by atoms with Crippen molar-refractivity contribution in [3.05, 3.63) is 58.2 Å². The van der Waals surface area contributed by atoms with E-state index in [0.29, 0.717) is 23.5 Å². The molecular formula is C25H30N2O4. The Morgan fingerprint density at radius 3 is 2.65 bits per heavy atom. The summed E-state index contributed by atoms with van der Waals surface area (Å²) in [5.74, 6) is 2.41. The molecule has 6 atom stereocenters. The minimum Gasteiger partial charge on any atom is -0.393 e. The van der Waals surface area contributed by atoms with Crippen molar-refractivity contribution in [3.63, 3.8) is 0 Å². The Kier molecular flexibility index (Phi) is 4.81. The minimum atomic E-state index is -0.429. The summed E-state index contributed by atoms with van der Waals surface area (Å²) >= 11 is 0. The molecule has 3 fully saturated rings. The van der Waals surface area contributed by atoms with Gasteiger partial charge in [0.25, 0.3) is 5.69 Å². The van der Waals surface area contributed by atoms with Crippen molar-refractivity contribution in [2.75, 3.05) is 0 Å². The van der Waals surface area contributed by atoms with Crippen LogP contribution in [0.3, 0.4) is 0 Å². The maximum Gasteiger partial charge on any atom is 0.269 e. The second-order valence-corrected chi connectivity index (χ2v) is 10.2. The molecule has 3 saturated carbocycles. The number of non-ortho nitro benzene ring substituents is 1. The number of rotatable bonds is 3. The Morgan fingerprint density at radius 1 is 1.13 bits per heavy atom. The highest BCUT2D eigenvalue weighted by atomic mass is 16.6. The molecule has 4 aliphatic rings. The predicted molar refractivity (Wildman–Crippen MR) is 119 cm³/mol. The van der Waals surface area contributed by atoms with Gasteiger partial charge in [0.2, 0.25) is 0 Å². The van der Waals surface area contributed by atoms with E-state index in [1.54, 1.807) is 12.1 Å². The zero-order valence-corrected chi connectivity index (χ0v) is 18.2. The molecule has 5 rings (SSSR count). The van der Waals surface area contributed by atoms with Gasteiger partial charge in [-0.25, -0.2) is 0 Å². The highest BCUT2D eigenvalue weighted by molar-refractivity contribution is 6.05. The lowest BCUT2D eigenvalue weighted by molar-refractivity contribution is -0.384. The van der Waals surface area contributed by atoms with Crippen LogP contribution in [-0.4, -0.2) is 21.8 Å². The third-order valence-electron chi connectivity index (χ3n) is 8.82. The molecule has 1 aromatic carbocycles. The first-order chi connectivity index (χ1) is 14.8. The molecule has 0 saturated heterocycles. The highest BCUT2D eigenvalue weighted by Gasteiger charge is 2.58. The smallest absolute Gasteiger partial charge is 0.269 e. The summed E-state index contributed by atoms with van der Waals surface area (Å²) in [6.45, 7) is 4.68. The van der Waals surface area contributed by atoms with E-state index in [0.717, 1.165) is 31.4 Å². The van der Waals surface area contributed by atoms with Crippen LogP contribution in [0.15, 0.2) is 53.2 Å². The molecule has 0 aliphatic heterocycles. The lowest BCUT2D eigenvalue weighted by Gasteiger charge is -2.56. The Morgan fingerprint density at radius 2 is 1.90 bits per heavy atom. The molecule has 1 aromatic rings. The fourth-order valence-electron chi connectivity index (χ4n) is 6.97. The maximum atomic E-state index is 10.8. The quantitative estimate of drug-likeness (QED) is 0.520. The van der Waals surface area contributed by atoms with Crippen molar-refractivity contribution in [2.24, 2.45) is 33.7 Å². The number of nitrogens with zero attached hydrogens (tertiary/aromatic N) is 2. The van der Waals surface area contributed by atoms with Crippen molar-refractivity contribution in [2.45, 2.75) is 58.5 Å². The van der Waals surface area contributed by atoms with E-state index in [1.807, 2.05) is 0 Å². The van der Waals surface area contributed by atoms with Gasteiger partial charge in [-0.05, 0) is 86.0 Å². The van der Waals surface area contributed by atoms with Gasteiger partial charge in [-0.1, -0.05) is 30.7 Å². The van der Waals surface area contributed by atoms with E-state index in [9.17, 15) is 15.2 Å². The molecule has 0 radical (unpaired) electrons. The number of aliphatic hydroxyl groups excluding tert-OH is 1. The van der Waals surface area contributed by atoms with Gasteiger partial charge in [-0.15, -0.1) is 0 Å². The topological polar surface area (TPSA) is 85.0 Å². The van der Waals surface area contributed by atoms with Crippen LogP contribution in [-0.2, 0) is 0 Å². The number of hydrogen-bond acceptors (Lipinski definition) is 5. The number of benzene rings is 1. The SMILES string of the molecule is C[C@]12CC[C@H]3[C@@H](CCC4=C/C(=N/Oc5ccc([N+](=O)[O-])cc5)C=C[C@@]43C)[C@@H]1CC[C@@H]2O. The maximum absolute atomic E-state index is 10.8. The van der Waals surface area contributed by atoms with Gasteiger partial charge in [0.1, 0.15) is 5.71 Å². The number of nitro groups is 1. The van der Waals surface area contributed by atoms with Crippen LogP contribution < -0.4 is 4.84 Å². The minimum absolute atomic E-state index is 0.0329. The number of aliphatic hydroxyl groups is 1. The van der Waals surface area contributed by atoms with Gasteiger partial charge in [-0.2, -0.15) is 0 Å². The largest absolute Gasteiger partial charge is 0.393 e. The van der Waals surface area contributed by atoms with Crippen LogP contribution in [0.5, 0.6) is 5.75 Å². The normalized spacial score (nSPS) is 40.0. The Labute approximate surface area is 182 Å². The van der Waals surface area contributed by atoms with Crippen molar-refractivity contribution >= 4 is 11.4 Å². The van der Waals surface area contributed by atoms with Gasteiger partial charge < -0.3 is 9.94 Å². The summed E-state index contributed by atoms with van der Waals surface area (Å²) in [7, 11) is 0. The standard InChI is InChI=1S/C25H30N2O4/c1-24-13-11-17(26-31-19-6-4-18(5-7-19)27(29)30)15-16(24)3-8-20-21-9-10-23(28)25(21,2)14-12-22(20)24/h4-7,11,13,15,20-23,28H,3,8-10,12,14H2,1-2H3/b26-17+/t20-,21-,22-,23-,24-,25-/m0/s1. The van der Waals surface area contributed by atoms with Crippen molar-refractivity contribution in [1.29, 1.82) is 0 Å². The van der Waals surface area contributed by atoms with Crippen LogP contribution >= 0.6 is 0 Å². The zero-order valence-electron chi connectivity index (χ0n) is 18.2. The van der Waals surface area contributed by atoms with E-state index in [4.69, 9.17) is 4.84 Å². The number of allylic oxidation sites excluding steroid dienone is 4. The molecule has 0 amide bonds. The first kappa shape index (κ1) is 20.4. The molecule has 6 heteroatoms. The number of fused-ring (bicyclic) bond motifs is 5. The molecule has 0 bridgehead atoms. The van der Waals surface area contributed by atoms with Gasteiger partial charge in [0, 0.05) is 17.5 Å². The van der Waals surface area contributed by atoms with Gasteiger partial charge in [0.15, 0.2) is 5.75 Å². The molecule has 0 unspecified atom stereocenters. The van der Waals surface area contributed by atoms with Crippen LogP contribution in [0.2, 0.25) is 0 Å². The molecule has 1 N–H and O–H groups in total. The lowest BCUT2D eigenvalue weighted by Crippen LogP contribution is -2.50. The first-order valence-corrected chi connectivity index (χ1v) is 11.4. The summed E-state index contributed by atoms with van der Waals surface area (Å²) in [4.78, 5) is 15.9. The number of nitro benzene ring substituents is 1. The second kappa shape index (κ2) is 7.30. The van der Waals surface area contributed by atoms with Gasteiger partial charge in [-0.3, -0.25) is 10.1 Å². The number of oxime groups is 1. The predicted octanol–water partition coefficient (Wildman–Crippen LogP) is 5.43. The average molecular weight is 423 g/mol. The Hall–Kier alpha value is -2.47. The molecule has 164 valence electrons. The Balaban J connectivity index is 1.33. The van der Waals surface area contributed by atoms with E-state index in [2.05, 4.69) is 37.2 Å². The van der Waals surface area contributed by atoms with Crippen LogP contribution in [0.25, 0.3) is 0 Å². The van der Waals surface area contributed by atoms with E-state index in [1.165, 1.54) is 30.5 Å². The fraction of sp³-hybridized carbons (Fsp3) is 0.560. The van der Waals surface area contributed by atoms with E-state index in [-0.39, 0.29) is 22.6 Å². The monoisotopic (exact) mass is 422 g/mol. The summed E-state index contributed by atoms with van der Waals surface area (Å²) in [6, 6.07) is 5.96. The average Bonchev–Trinajstić information content (AvgIpc) is 3.07. The van der Waals surface area contributed by atoms with Crippen molar-refractivity contribution < 1.29 is 14.9 Å². The number of hydrogen-bond donors (Lipinski definition) is 1. The summed E-state index contributed by atoms with van der Waals surface area (Å²) < 4.78 is 0. The third kappa shape index (κ3) is 3.23. The molecule has 4 aliphatic carbocycles. The van der Waals surface area contributed by atoms with Crippen molar-refractivity contribution in [1.82, 2.24) is 0 Å². The van der Waals surface area contributed by atoms with Crippen LogP contribution in [0, 0.1) is 38.7 Å². The van der Waals surface area contributed by atoms with Crippen molar-refractivity contribution in [3.8, 4) is 5.75 Å². The van der Waals surface area contributed by atoms with E-state index >= 15 is 0 Å². The van der Waals surface area contributed by atoms with Gasteiger partial charge >= 0.3 is 0 Å². The second-order valence-electron chi connectivity index (χ2n) is 10.2. The molecule has 31 heavy (non-hydrogen) atoms. The third-order valence-corrected chi connectivity index (χ3v) is 8.82. The van der Waals surface area contributed by atoms with Crippen LogP contribution in [0.1, 0.15) is 52.4 Å². The fourth-order valence-corrected chi connectivity index (χ4v) is 6.97. The lowest BCUT2D eigenvalue weighted by atomic mass is 9.48. The summed E-state index contributed by atoms with van der Waals surface area (Å²) in [5, 5.41) is 25.7. The molecule has 6 nitrogen and oxygen atoms in total. The van der Waals surface area contributed by atoms with Crippen LogP contribution in [0.4, 0.5) is 5.69 Å².